The maximum Gasteiger partial charge on any atom is 0.271 e. The van der Waals surface area contributed by atoms with Gasteiger partial charge in [-0.15, -0.1) is 0 Å². The lowest BCUT2D eigenvalue weighted by Crippen LogP contribution is -2.34. The normalized spacial score (nSPS) is 13.6. The first-order valence-electron chi connectivity index (χ1n) is 6.27. The van der Waals surface area contributed by atoms with Crippen molar-refractivity contribution in [3.8, 4) is 6.07 Å². The van der Waals surface area contributed by atoms with E-state index in [2.05, 4.69) is 0 Å². The first kappa shape index (κ1) is 15.5. The molecule has 21 heavy (non-hydrogen) atoms. The summed E-state index contributed by atoms with van der Waals surface area (Å²) < 4.78 is 0. The van der Waals surface area contributed by atoms with Crippen molar-refractivity contribution in [2.45, 2.75) is 25.3 Å². The fraction of sp³-hybridized carbons (Fsp3) is 0.385. The second-order valence-corrected chi connectivity index (χ2v) is 5.47. The van der Waals surface area contributed by atoms with Crippen LogP contribution in [-0.2, 0) is 0 Å². The van der Waals surface area contributed by atoms with Crippen molar-refractivity contribution < 1.29 is 9.72 Å². The third-order valence-electron chi connectivity index (χ3n) is 3.17. The zero-order chi connectivity index (χ0) is 15.6. The second-order valence-electron chi connectivity index (χ2n) is 4.68. The van der Waals surface area contributed by atoms with Gasteiger partial charge in [0.15, 0.2) is 0 Å². The Balaban J connectivity index is 2.37. The van der Waals surface area contributed by atoms with Gasteiger partial charge in [-0.05, 0) is 12.8 Å². The monoisotopic (exact) mass is 327 g/mol. The predicted octanol–water partition coefficient (Wildman–Crippen LogP) is 3.42. The van der Waals surface area contributed by atoms with Crippen LogP contribution in [0.25, 0.3) is 0 Å². The van der Waals surface area contributed by atoms with Crippen LogP contribution in [0.3, 0.4) is 0 Å². The zero-order valence-electron chi connectivity index (χ0n) is 10.9. The molecule has 1 amide bonds. The van der Waals surface area contributed by atoms with Crippen LogP contribution < -0.4 is 0 Å². The van der Waals surface area contributed by atoms with E-state index < -0.39 is 10.8 Å². The largest absolute Gasteiger partial charge is 0.335 e. The number of amides is 1. The molecule has 1 aromatic rings. The van der Waals surface area contributed by atoms with Crippen molar-refractivity contribution >= 4 is 34.8 Å². The van der Waals surface area contributed by atoms with Gasteiger partial charge in [0.25, 0.3) is 11.6 Å². The summed E-state index contributed by atoms with van der Waals surface area (Å²) in [7, 11) is 0. The Labute approximate surface area is 131 Å². The standard InChI is InChI=1S/C13H11Cl2N3O3/c14-11-7-9(18(20)21)6-10(12(11)15)13(19)17(5-1-4-16)8-2-3-8/h6-8H,1-3,5H2. The van der Waals surface area contributed by atoms with Gasteiger partial charge in [-0.2, -0.15) is 5.26 Å². The molecule has 0 N–H and O–H groups in total. The van der Waals surface area contributed by atoms with Crippen molar-refractivity contribution in [1.29, 1.82) is 5.26 Å². The molecule has 1 fully saturated rings. The summed E-state index contributed by atoms with van der Waals surface area (Å²) in [6.07, 6.45) is 1.91. The highest BCUT2D eigenvalue weighted by atomic mass is 35.5. The fourth-order valence-electron chi connectivity index (χ4n) is 2.00. The van der Waals surface area contributed by atoms with Crippen LogP contribution in [-0.4, -0.2) is 28.3 Å². The summed E-state index contributed by atoms with van der Waals surface area (Å²) in [4.78, 5) is 24.3. The number of nitriles is 1. The summed E-state index contributed by atoms with van der Waals surface area (Å²) in [5.74, 6) is -0.427. The summed E-state index contributed by atoms with van der Waals surface area (Å²) in [5.41, 5.74) is -0.288. The molecule has 1 aliphatic carbocycles. The Hall–Kier alpha value is -1.84. The van der Waals surface area contributed by atoms with Gasteiger partial charge in [0.1, 0.15) is 0 Å². The summed E-state index contributed by atoms with van der Waals surface area (Å²) in [6, 6.07) is 4.28. The van der Waals surface area contributed by atoms with Gasteiger partial charge in [-0.25, -0.2) is 0 Å². The van der Waals surface area contributed by atoms with E-state index in [0.29, 0.717) is 0 Å². The minimum absolute atomic E-state index is 0.000654. The van der Waals surface area contributed by atoms with Crippen molar-refractivity contribution in [3.05, 3.63) is 37.9 Å². The number of hydrogen-bond acceptors (Lipinski definition) is 4. The molecule has 0 aliphatic heterocycles. The molecule has 1 aromatic carbocycles. The minimum atomic E-state index is -0.629. The van der Waals surface area contributed by atoms with Gasteiger partial charge in [0.2, 0.25) is 0 Å². The quantitative estimate of drug-likeness (QED) is 0.612. The second kappa shape index (κ2) is 6.29. The SMILES string of the molecule is N#CCCN(C(=O)c1cc([N+](=O)[O-])cc(Cl)c1Cl)C1CC1. The van der Waals surface area contributed by atoms with Crippen molar-refractivity contribution in [3.63, 3.8) is 0 Å². The molecule has 1 aliphatic rings. The van der Waals surface area contributed by atoms with Gasteiger partial charge in [-0.1, -0.05) is 23.2 Å². The lowest BCUT2D eigenvalue weighted by molar-refractivity contribution is -0.384. The van der Waals surface area contributed by atoms with Crippen LogP contribution in [0.2, 0.25) is 10.0 Å². The van der Waals surface area contributed by atoms with Crippen LogP contribution in [0, 0.1) is 21.4 Å². The highest BCUT2D eigenvalue weighted by molar-refractivity contribution is 6.44. The van der Waals surface area contributed by atoms with Crippen molar-refractivity contribution in [1.82, 2.24) is 4.90 Å². The third-order valence-corrected chi connectivity index (χ3v) is 3.97. The van der Waals surface area contributed by atoms with E-state index in [1.807, 2.05) is 6.07 Å². The van der Waals surface area contributed by atoms with E-state index in [1.165, 1.54) is 4.90 Å². The summed E-state index contributed by atoms with van der Waals surface area (Å²) in [6.45, 7) is 0.274. The number of nitro groups is 1. The number of benzene rings is 1. The molecule has 110 valence electrons. The van der Waals surface area contributed by atoms with Gasteiger partial charge in [0, 0.05) is 24.7 Å². The molecule has 0 saturated heterocycles. The average Bonchev–Trinajstić information content (AvgIpc) is 3.26. The van der Waals surface area contributed by atoms with E-state index in [4.69, 9.17) is 28.5 Å². The third kappa shape index (κ3) is 3.43. The lowest BCUT2D eigenvalue weighted by Gasteiger charge is -2.21. The van der Waals surface area contributed by atoms with E-state index in [1.54, 1.807) is 0 Å². The fourth-order valence-corrected chi connectivity index (χ4v) is 2.40. The minimum Gasteiger partial charge on any atom is -0.335 e. The molecular formula is C13H11Cl2N3O3. The molecule has 0 aromatic heterocycles. The Bertz CT molecular complexity index is 638. The number of carbonyl (C=O) groups is 1. The maximum atomic E-state index is 12.5. The highest BCUT2D eigenvalue weighted by Gasteiger charge is 2.34. The van der Waals surface area contributed by atoms with E-state index in [0.717, 1.165) is 25.0 Å². The van der Waals surface area contributed by atoms with Crippen LogP contribution in [0.15, 0.2) is 12.1 Å². The molecule has 0 bridgehead atoms. The van der Waals surface area contributed by atoms with E-state index in [-0.39, 0.29) is 40.3 Å². The summed E-state index contributed by atoms with van der Waals surface area (Å²) in [5, 5.41) is 19.5. The van der Waals surface area contributed by atoms with Gasteiger partial charge >= 0.3 is 0 Å². The number of nitro benzene ring substituents is 1. The number of hydrogen-bond donors (Lipinski definition) is 0. The van der Waals surface area contributed by atoms with E-state index >= 15 is 0 Å². The topological polar surface area (TPSA) is 87.2 Å². The van der Waals surface area contributed by atoms with E-state index in [9.17, 15) is 14.9 Å². The Kier molecular flexibility index (Phi) is 4.66. The number of carbonyl (C=O) groups excluding carboxylic acids is 1. The summed E-state index contributed by atoms with van der Waals surface area (Å²) >= 11 is 11.9. The Morgan fingerprint density at radius 2 is 2.14 bits per heavy atom. The number of non-ortho nitro benzene ring substituents is 1. The number of nitrogens with zero attached hydrogens (tertiary/aromatic N) is 3. The predicted molar refractivity (Wildman–Crippen MR) is 77.4 cm³/mol. The molecule has 0 radical (unpaired) electrons. The lowest BCUT2D eigenvalue weighted by atomic mass is 10.1. The molecule has 0 atom stereocenters. The molecule has 8 heteroatoms. The maximum absolute atomic E-state index is 12.5. The molecule has 0 spiro atoms. The van der Waals surface area contributed by atoms with Crippen LogP contribution >= 0.6 is 23.2 Å². The highest BCUT2D eigenvalue weighted by Crippen LogP contribution is 2.34. The van der Waals surface area contributed by atoms with Crippen LogP contribution in [0.4, 0.5) is 5.69 Å². The van der Waals surface area contributed by atoms with Gasteiger partial charge in [0.05, 0.1) is 33.0 Å². The Morgan fingerprint density at radius 3 is 2.67 bits per heavy atom. The number of halogens is 2. The van der Waals surface area contributed by atoms with Crippen LogP contribution in [0.5, 0.6) is 0 Å². The molecule has 0 unspecified atom stereocenters. The van der Waals surface area contributed by atoms with Crippen molar-refractivity contribution in [2.24, 2.45) is 0 Å². The average molecular weight is 328 g/mol. The first-order valence-corrected chi connectivity index (χ1v) is 7.02. The van der Waals surface area contributed by atoms with Gasteiger partial charge in [-0.3, -0.25) is 14.9 Å². The number of rotatable bonds is 5. The van der Waals surface area contributed by atoms with Crippen LogP contribution in [0.1, 0.15) is 29.6 Å². The van der Waals surface area contributed by atoms with Gasteiger partial charge < -0.3 is 4.90 Å². The smallest absolute Gasteiger partial charge is 0.271 e. The molecule has 1 saturated carbocycles. The van der Waals surface area contributed by atoms with Crippen molar-refractivity contribution in [2.75, 3.05) is 6.54 Å². The molecular weight excluding hydrogens is 317 g/mol. The molecule has 0 heterocycles. The Morgan fingerprint density at radius 1 is 1.48 bits per heavy atom. The molecule has 2 rings (SSSR count). The molecule has 6 nitrogen and oxygen atoms in total. The zero-order valence-corrected chi connectivity index (χ0v) is 12.4. The first-order chi connectivity index (χ1) is 9.95.